The molecule has 0 bridgehead atoms. The number of benzene rings is 2. The Morgan fingerprint density at radius 1 is 1.06 bits per heavy atom. The Morgan fingerprint density at radius 3 is 2.44 bits per heavy atom. The van der Waals surface area contributed by atoms with Gasteiger partial charge < -0.3 is 14.3 Å². The van der Waals surface area contributed by atoms with Gasteiger partial charge in [-0.15, -0.1) is 0 Å². The fourth-order valence-corrected chi connectivity index (χ4v) is 4.48. The van der Waals surface area contributed by atoms with Crippen molar-refractivity contribution < 1.29 is 23.8 Å². The van der Waals surface area contributed by atoms with E-state index in [2.05, 4.69) is 25.8 Å². The van der Waals surface area contributed by atoms with Crippen LogP contribution in [-0.4, -0.2) is 28.9 Å². The minimum atomic E-state index is -0.929. The van der Waals surface area contributed by atoms with Crippen LogP contribution < -0.4 is 9.64 Å². The molecule has 0 saturated heterocycles. The number of hydrogen-bond acceptors (Lipinski definition) is 6. The summed E-state index contributed by atoms with van der Waals surface area (Å²) >= 11 is 0. The molecule has 4 aromatic rings. The number of fused-ring (bicyclic) bond motifs is 1. The lowest BCUT2D eigenvalue weighted by atomic mass is 9.87. The summed E-state index contributed by atoms with van der Waals surface area (Å²) in [6.45, 7) is 6.31. The third-order valence-electron chi connectivity index (χ3n) is 6.38. The Bertz CT molecular complexity index is 1490. The Morgan fingerprint density at radius 2 is 1.81 bits per heavy atom. The van der Waals surface area contributed by atoms with E-state index in [0.717, 1.165) is 5.56 Å². The van der Waals surface area contributed by atoms with Crippen LogP contribution in [0, 0.1) is 0 Å². The van der Waals surface area contributed by atoms with E-state index >= 15 is 0 Å². The van der Waals surface area contributed by atoms with Gasteiger partial charge in [0.05, 0.1) is 18.4 Å². The van der Waals surface area contributed by atoms with Crippen molar-refractivity contribution in [2.75, 3.05) is 12.0 Å². The molecule has 1 N–H and O–H groups in total. The number of aliphatic hydroxyl groups excluding tert-OH is 1. The van der Waals surface area contributed by atoms with Crippen molar-refractivity contribution in [1.29, 1.82) is 0 Å². The number of furan rings is 1. The van der Waals surface area contributed by atoms with Gasteiger partial charge in [0.1, 0.15) is 6.04 Å². The van der Waals surface area contributed by atoms with Crippen LogP contribution in [0.3, 0.4) is 0 Å². The first-order valence-electron chi connectivity index (χ1n) is 11.6. The lowest BCUT2D eigenvalue weighted by Gasteiger charge is -2.27. The van der Waals surface area contributed by atoms with Gasteiger partial charge in [0.15, 0.2) is 22.9 Å². The smallest absolute Gasteiger partial charge is 0.294 e. The molecule has 182 valence electrons. The second kappa shape index (κ2) is 8.68. The number of nitrogens with zero attached hydrogens (tertiary/aromatic N) is 2. The van der Waals surface area contributed by atoms with Gasteiger partial charge in [-0.25, -0.2) is 0 Å². The fraction of sp³-hybridized carbons (Fsp3) is 0.207. The fourth-order valence-electron chi connectivity index (χ4n) is 4.48. The van der Waals surface area contributed by atoms with Crippen LogP contribution in [0.15, 0.2) is 88.7 Å². The summed E-state index contributed by atoms with van der Waals surface area (Å²) < 4.78 is 11.2. The van der Waals surface area contributed by atoms with Crippen molar-refractivity contribution in [1.82, 2.24) is 4.98 Å². The number of hydrogen-bond donors (Lipinski definition) is 1. The van der Waals surface area contributed by atoms with E-state index < -0.39 is 23.5 Å². The average molecular weight is 483 g/mol. The van der Waals surface area contributed by atoms with Crippen LogP contribution in [0.1, 0.15) is 48.6 Å². The molecule has 7 nitrogen and oxygen atoms in total. The average Bonchev–Trinajstić information content (AvgIpc) is 3.43. The molecule has 2 aromatic carbocycles. The summed E-state index contributed by atoms with van der Waals surface area (Å²) in [5, 5.41) is 11.7. The third kappa shape index (κ3) is 3.82. The van der Waals surface area contributed by atoms with Crippen molar-refractivity contribution >= 4 is 28.3 Å². The maximum Gasteiger partial charge on any atom is 0.294 e. The van der Waals surface area contributed by atoms with Crippen LogP contribution in [0.2, 0.25) is 0 Å². The van der Waals surface area contributed by atoms with Crippen molar-refractivity contribution in [2.45, 2.75) is 32.2 Å². The summed E-state index contributed by atoms with van der Waals surface area (Å²) in [6, 6.07) is 18.8. The highest BCUT2D eigenvalue weighted by Gasteiger charge is 2.46. The molecule has 1 atom stereocenters. The Hall–Kier alpha value is -4.39. The SMILES string of the molecule is COc1cccc2cc(C(=O)C3=C(O)C(=O)N(c4ccc(C(C)(C)C)cc4)C3c3ccccn3)oc12. The van der Waals surface area contributed by atoms with Crippen molar-refractivity contribution in [3.05, 3.63) is 101 Å². The van der Waals surface area contributed by atoms with E-state index in [9.17, 15) is 14.7 Å². The highest BCUT2D eigenvalue weighted by Crippen LogP contribution is 2.42. The lowest BCUT2D eigenvalue weighted by Crippen LogP contribution is -2.31. The predicted octanol–water partition coefficient (Wildman–Crippen LogP) is 5.92. The topological polar surface area (TPSA) is 92.9 Å². The number of methoxy groups -OCH3 is 1. The molecule has 7 heteroatoms. The van der Waals surface area contributed by atoms with E-state index in [4.69, 9.17) is 9.15 Å². The molecule has 0 saturated carbocycles. The number of Topliss-reactive ketones (excluding diaryl/α,β-unsaturated/α-hetero) is 1. The summed E-state index contributed by atoms with van der Waals surface area (Å²) in [7, 11) is 1.52. The highest BCUT2D eigenvalue weighted by molar-refractivity contribution is 6.20. The second-order valence-electron chi connectivity index (χ2n) is 9.71. The molecule has 36 heavy (non-hydrogen) atoms. The third-order valence-corrected chi connectivity index (χ3v) is 6.38. The number of pyridine rings is 1. The molecule has 1 aliphatic rings. The van der Waals surface area contributed by atoms with Crippen molar-refractivity contribution in [2.24, 2.45) is 0 Å². The van der Waals surface area contributed by atoms with Gasteiger partial charge >= 0.3 is 0 Å². The van der Waals surface area contributed by atoms with Gasteiger partial charge in [-0.05, 0) is 47.4 Å². The monoisotopic (exact) mass is 482 g/mol. The zero-order valence-electron chi connectivity index (χ0n) is 20.5. The van der Waals surface area contributed by atoms with Gasteiger partial charge in [-0.1, -0.05) is 51.1 Å². The van der Waals surface area contributed by atoms with Crippen LogP contribution in [0.25, 0.3) is 11.0 Å². The summed E-state index contributed by atoms with van der Waals surface area (Å²) in [4.78, 5) is 33.0. The van der Waals surface area contributed by atoms with Gasteiger partial charge in [0.2, 0.25) is 5.78 Å². The summed E-state index contributed by atoms with van der Waals surface area (Å²) in [6.07, 6.45) is 1.59. The number of anilines is 1. The summed E-state index contributed by atoms with van der Waals surface area (Å²) in [5.74, 6) is -1.42. The number of aliphatic hydroxyl groups is 1. The molecule has 1 unspecified atom stereocenters. The Labute approximate surface area is 208 Å². The molecule has 0 fully saturated rings. The van der Waals surface area contributed by atoms with E-state index in [1.54, 1.807) is 48.7 Å². The molecule has 0 aliphatic carbocycles. The number of aromatic nitrogens is 1. The molecular weight excluding hydrogens is 456 g/mol. The molecule has 3 heterocycles. The number of ketones is 1. The molecule has 2 aromatic heterocycles. The van der Waals surface area contributed by atoms with Gasteiger partial charge in [-0.2, -0.15) is 0 Å². The van der Waals surface area contributed by atoms with Crippen LogP contribution in [0.4, 0.5) is 5.69 Å². The normalized spacial score (nSPS) is 16.2. The molecule has 0 radical (unpaired) electrons. The standard InChI is InChI=1S/C29H26N2O5/c1-29(2,3)18-11-13-19(14-12-18)31-24(20-9-5-6-15-30-20)23(26(33)28(31)34)25(32)22-16-17-8-7-10-21(35-4)27(17)36-22/h5-16,24,33H,1-4H3. The molecule has 1 amide bonds. The van der Waals surface area contributed by atoms with E-state index in [0.29, 0.717) is 28.1 Å². The zero-order valence-corrected chi connectivity index (χ0v) is 20.5. The van der Waals surface area contributed by atoms with E-state index in [1.165, 1.54) is 12.0 Å². The van der Waals surface area contributed by atoms with E-state index in [-0.39, 0.29) is 16.7 Å². The first-order valence-corrected chi connectivity index (χ1v) is 11.6. The van der Waals surface area contributed by atoms with Gasteiger partial charge in [0, 0.05) is 17.3 Å². The molecule has 5 rings (SSSR count). The number of carbonyl (C=O) groups excluding carboxylic acids is 2. The predicted molar refractivity (Wildman–Crippen MR) is 136 cm³/mol. The minimum Gasteiger partial charge on any atom is -0.503 e. The summed E-state index contributed by atoms with van der Waals surface area (Å²) in [5.41, 5.74) is 2.35. The molecular formula is C29H26N2O5. The molecule has 1 aliphatic heterocycles. The molecule has 0 spiro atoms. The second-order valence-corrected chi connectivity index (χ2v) is 9.71. The Kier molecular flexibility index (Phi) is 5.63. The largest absolute Gasteiger partial charge is 0.503 e. The first kappa shape index (κ1) is 23.4. The zero-order chi connectivity index (χ0) is 25.6. The number of para-hydroxylation sites is 1. The van der Waals surface area contributed by atoms with Gasteiger partial charge in [-0.3, -0.25) is 19.5 Å². The van der Waals surface area contributed by atoms with E-state index in [1.807, 2.05) is 24.3 Å². The highest BCUT2D eigenvalue weighted by atomic mass is 16.5. The van der Waals surface area contributed by atoms with Gasteiger partial charge in [0.25, 0.3) is 5.91 Å². The van der Waals surface area contributed by atoms with Crippen LogP contribution in [-0.2, 0) is 10.2 Å². The lowest BCUT2D eigenvalue weighted by molar-refractivity contribution is -0.117. The first-order chi connectivity index (χ1) is 17.2. The number of amides is 1. The maximum atomic E-state index is 13.8. The number of ether oxygens (including phenoxy) is 1. The number of rotatable bonds is 5. The van der Waals surface area contributed by atoms with Crippen LogP contribution >= 0.6 is 0 Å². The maximum absolute atomic E-state index is 13.8. The van der Waals surface area contributed by atoms with Crippen LogP contribution in [0.5, 0.6) is 5.75 Å². The Balaban J connectivity index is 1.62. The minimum absolute atomic E-state index is 0.00490. The van der Waals surface area contributed by atoms with Crippen molar-refractivity contribution in [3.63, 3.8) is 0 Å². The number of carbonyl (C=O) groups is 2. The van der Waals surface area contributed by atoms with Crippen molar-refractivity contribution in [3.8, 4) is 5.75 Å². The quantitative estimate of drug-likeness (QED) is 0.355.